The Hall–Kier alpha value is -2.77. The van der Waals surface area contributed by atoms with Crippen LogP contribution in [0.4, 0.5) is 5.95 Å². The van der Waals surface area contributed by atoms with Crippen LogP contribution in [0.3, 0.4) is 0 Å². The van der Waals surface area contributed by atoms with Gasteiger partial charge in [-0.05, 0) is 29.8 Å². The number of pyridine rings is 1. The van der Waals surface area contributed by atoms with E-state index in [2.05, 4.69) is 20.4 Å². The Bertz CT molecular complexity index is 849. The molecule has 3 aromatic rings. The summed E-state index contributed by atoms with van der Waals surface area (Å²) in [4.78, 5) is 20.7. The zero-order valence-corrected chi connectivity index (χ0v) is 14.3. The summed E-state index contributed by atoms with van der Waals surface area (Å²) in [5, 5.41) is 8.07. The van der Waals surface area contributed by atoms with E-state index in [-0.39, 0.29) is 12.5 Å². The van der Waals surface area contributed by atoms with Crippen LogP contribution in [0, 0.1) is 0 Å². The summed E-state index contributed by atoms with van der Waals surface area (Å²) < 4.78 is 6.12. The predicted molar refractivity (Wildman–Crippen MR) is 94.5 cm³/mol. The first-order valence-electron chi connectivity index (χ1n) is 7.55. The number of hydrogen-bond donors (Lipinski definition) is 1. The van der Waals surface area contributed by atoms with Crippen LogP contribution in [0.1, 0.15) is 10.4 Å². The predicted octanol–water partition coefficient (Wildman–Crippen LogP) is 2.89. The Kier molecular flexibility index (Phi) is 5.37. The van der Waals surface area contributed by atoms with Crippen molar-refractivity contribution in [3.63, 3.8) is 0 Å². The van der Waals surface area contributed by atoms with Crippen LogP contribution < -0.4 is 5.32 Å². The molecule has 0 radical (unpaired) electrons. The van der Waals surface area contributed by atoms with E-state index < -0.39 is 0 Å². The Labute approximate surface area is 149 Å². The summed E-state index contributed by atoms with van der Waals surface area (Å²) in [6, 6.07) is 11.0. The molecule has 0 fully saturated rings. The highest BCUT2D eigenvalue weighted by atomic mass is 35.5. The monoisotopic (exact) mass is 357 g/mol. The van der Waals surface area contributed by atoms with Crippen molar-refractivity contribution < 1.29 is 9.53 Å². The van der Waals surface area contributed by atoms with Crippen molar-refractivity contribution in [3.05, 3.63) is 59.4 Å². The number of ether oxygens (including phenoxy) is 1. The minimum atomic E-state index is -0.316. The molecule has 0 amide bonds. The highest BCUT2D eigenvalue weighted by Crippen LogP contribution is 2.18. The molecule has 7 nitrogen and oxygen atoms in total. The molecule has 0 saturated carbocycles. The van der Waals surface area contributed by atoms with Crippen molar-refractivity contribution in [3.8, 4) is 11.4 Å². The fourth-order valence-electron chi connectivity index (χ4n) is 2.19. The van der Waals surface area contributed by atoms with Gasteiger partial charge in [-0.1, -0.05) is 23.7 Å². The van der Waals surface area contributed by atoms with Crippen molar-refractivity contribution in [2.24, 2.45) is 0 Å². The number of hydrogen-bond acceptors (Lipinski definition) is 6. The van der Waals surface area contributed by atoms with Gasteiger partial charge in [0.2, 0.25) is 5.95 Å². The normalized spacial score (nSPS) is 10.6. The van der Waals surface area contributed by atoms with Gasteiger partial charge in [-0.2, -0.15) is 9.67 Å². The molecule has 1 N–H and O–H groups in total. The van der Waals surface area contributed by atoms with Crippen LogP contribution in [-0.2, 0) is 11.3 Å². The fourth-order valence-corrected chi connectivity index (χ4v) is 2.31. The maximum atomic E-state index is 12.2. The lowest BCUT2D eigenvalue weighted by Gasteiger charge is -2.07. The number of aromatic nitrogens is 4. The minimum absolute atomic E-state index is 0.0918. The molecular formula is C17H16ClN5O2. The summed E-state index contributed by atoms with van der Waals surface area (Å²) in [6.45, 7) is 0.383. The zero-order valence-electron chi connectivity index (χ0n) is 13.5. The van der Waals surface area contributed by atoms with Gasteiger partial charge < -0.3 is 10.1 Å². The lowest BCUT2D eigenvalue weighted by atomic mass is 10.2. The van der Waals surface area contributed by atoms with Gasteiger partial charge in [-0.25, -0.2) is 0 Å². The SMILES string of the molecule is COCC(=O)n1nc(-c2cccnc2)nc1NCc1ccc(Cl)cc1. The summed E-state index contributed by atoms with van der Waals surface area (Å²) in [5.74, 6) is 0.441. The van der Waals surface area contributed by atoms with E-state index >= 15 is 0 Å². The lowest BCUT2D eigenvalue weighted by molar-refractivity contribution is 0.0748. The Morgan fingerprint density at radius 3 is 2.76 bits per heavy atom. The molecule has 0 atom stereocenters. The largest absolute Gasteiger partial charge is 0.375 e. The molecule has 2 heterocycles. The molecule has 25 heavy (non-hydrogen) atoms. The molecule has 128 valence electrons. The van der Waals surface area contributed by atoms with Crippen molar-refractivity contribution in [1.29, 1.82) is 0 Å². The van der Waals surface area contributed by atoms with E-state index in [1.807, 2.05) is 18.2 Å². The highest BCUT2D eigenvalue weighted by molar-refractivity contribution is 6.30. The number of nitrogens with one attached hydrogen (secondary N) is 1. The standard InChI is InChI=1S/C17H16ClN5O2/c1-25-11-15(24)23-17(20-9-12-4-6-14(18)7-5-12)21-16(22-23)13-3-2-8-19-10-13/h2-8,10H,9,11H2,1H3,(H,20,21,22). The van der Waals surface area contributed by atoms with Crippen LogP contribution >= 0.6 is 11.6 Å². The highest BCUT2D eigenvalue weighted by Gasteiger charge is 2.17. The van der Waals surface area contributed by atoms with E-state index in [9.17, 15) is 4.79 Å². The third-order valence-corrected chi connectivity index (χ3v) is 3.65. The van der Waals surface area contributed by atoms with E-state index in [1.54, 1.807) is 30.6 Å². The number of rotatable bonds is 6. The van der Waals surface area contributed by atoms with Gasteiger partial charge in [0, 0.05) is 36.6 Å². The third-order valence-electron chi connectivity index (χ3n) is 3.39. The maximum Gasteiger partial charge on any atom is 0.276 e. The number of methoxy groups -OCH3 is 1. The molecule has 0 spiro atoms. The molecule has 0 saturated heterocycles. The average Bonchev–Trinajstić information content (AvgIpc) is 3.07. The summed E-state index contributed by atoms with van der Waals surface area (Å²) >= 11 is 5.89. The van der Waals surface area contributed by atoms with Gasteiger partial charge in [-0.3, -0.25) is 9.78 Å². The molecule has 0 aliphatic carbocycles. The first-order valence-corrected chi connectivity index (χ1v) is 7.93. The molecular weight excluding hydrogens is 342 g/mol. The van der Waals surface area contributed by atoms with Gasteiger partial charge in [0.05, 0.1) is 0 Å². The second-order valence-electron chi connectivity index (χ2n) is 5.22. The summed E-state index contributed by atoms with van der Waals surface area (Å²) in [5.41, 5.74) is 1.72. The van der Waals surface area contributed by atoms with E-state index in [4.69, 9.17) is 16.3 Å². The van der Waals surface area contributed by atoms with E-state index in [0.29, 0.717) is 23.3 Å². The number of nitrogens with zero attached hydrogens (tertiary/aromatic N) is 4. The van der Waals surface area contributed by atoms with Crippen molar-refractivity contribution >= 4 is 23.5 Å². The molecule has 2 aromatic heterocycles. The number of carbonyl (C=O) groups is 1. The molecule has 0 unspecified atom stereocenters. The van der Waals surface area contributed by atoms with Crippen LogP contribution in [0.25, 0.3) is 11.4 Å². The zero-order chi connectivity index (χ0) is 17.6. The number of anilines is 1. The Balaban J connectivity index is 1.86. The van der Waals surface area contributed by atoms with Crippen LogP contribution in [0.5, 0.6) is 0 Å². The topological polar surface area (TPSA) is 81.9 Å². The van der Waals surface area contributed by atoms with Gasteiger partial charge in [0.25, 0.3) is 5.91 Å². The van der Waals surface area contributed by atoms with Gasteiger partial charge in [-0.15, -0.1) is 5.10 Å². The molecule has 3 rings (SSSR count). The van der Waals surface area contributed by atoms with E-state index in [0.717, 1.165) is 11.1 Å². The van der Waals surface area contributed by atoms with Gasteiger partial charge >= 0.3 is 0 Å². The molecule has 8 heteroatoms. The number of halogens is 1. The Morgan fingerprint density at radius 1 is 1.28 bits per heavy atom. The first kappa shape index (κ1) is 17.1. The number of benzene rings is 1. The Morgan fingerprint density at radius 2 is 2.08 bits per heavy atom. The minimum Gasteiger partial charge on any atom is -0.375 e. The van der Waals surface area contributed by atoms with Crippen molar-refractivity contribution in [1.82, 2.24) is 19.7 Å². The van der Waals surface area contributed by atoms with Crippen LogP contribution in [0.15, 0.2) is 48.8 Å². The quantitative estimate of drug-likeness (QED) is 0.730. The van der Waals surface area contributed by atoms with Crippen molar-refractivity contribution in [2.45, 2.75) is 6.54 Å². The lowest BCUT2D eigenvalue weighted by Crippen LogP contribution is -2.20. The number of carbonyl (C=O) groups excluding carboxylic acids is 1. The molecule has 0 aliphatic rings. The van der Waals surface area contributed by atoms with Gasteiger partial charge in [0.15, 0.2) is 5.82 Å². The average molecular weight is 358 g/mol. The first-order chi connectivity index (χ1) is 12.2. The van der Waals surface area contributed by atoms with E-state index in [1.165, 1.54) is 11.8 Å². The summed E-state index contributed by atoms with van der Waals surface area (Å²) in [7, 11) is 1.46. The van der Waals surface area contributed by atoms with Crippen LogP contribution in [-0.4, -0.2) is 39.4 Å². The fraction of sp³-hybridized carbons (Fsp3) is 0.176. The second-order valence-corrected chi connectivity index (χ2v) is 5.66. The van der Waals surface area contributed by atoms with Gasteiger partial charge in [0.1, 0.15) is 6.61 Å². The maximum absolute atomic E-state index is 12.2. The second kappa shape index (κ2) is 7.87. The molecule has 1 aromatic carbocycles. The smallest absolute Gasteiger partial charge is 0.276 e. The van der Waals surface area contributed by atoms with Crippen molar-refractivity contribution in [2.75, 3.05) is 19.0 Å². The summed E-state index contributed by atoms with van der Waals surface area (Å²) in [6.07, 6.45) is 3.31. The molecule has 0 bridgehead atoms. The third kappa shape index (κ3) is 4.20. The van der Waals surface area contributed by atoms with Crippen LogP contribution in [0.2, 0.25) is 5.02 Å². The molecule has 0 aliphatic heterocycles.